The number of hydrogen-bond donors (Lipinski definition) is 0. The van der Waals surface area contributed by atoms with Crippen molar-refractivity contribution < 1.29 is 4.42 Å². The minimum absolute atomic E-state index is 0.836. The summed E-state index contributed by atoms with van der Waals surface area (Å²) in [6.07, 6.45) is 9.41. The van der Waals surface area contributed by atoms with Gasteiger partial charge in [0.25, 0.3) is 0 Å². The molecule has 0 radical (unpaired) electrons. The smallest absolute Gasteiger partial charge is 0.139 e. The van der Waals surface area contributed by atoms with Crippen LogP contribution < -0.4 is 4.90 Å². The molecule has 0 bridgehead atoms. The van der Waals surface area contributed by atoms with Crippen molar-refractivity contribution in [1.82, 2.24) is 15.0 Å². The second kappa shape index (κ2) is 12.3. The molecule has 0 fully saturated rings. The maximum atomic E-state index is 6.16. The number of benzene rings is 6. The Morgan fingerprint density at radius 1 is 0.385 bits per heavy atom. The van der Waals surface area contributed by atoms with E-state index in [1.54, 1.807) is 0 Å². The Balaban J connectivity index is 1.02. The van der Waals surface area contributed by atoms with E-state index < -0.39 is 0 Å². The third kappa shape index (κ3) is 5.32. The van der Waals surface area contributed by atoms with Crippen molar-refractivity contribution in [1.29, 1.82) is 0 Å². The summed E-state index contributed by atoms with van der Waals surface area (Å²) in [7, 11) is 0. The van der Waals surface area contributed by atoms with E-state index in [1.165, 1.54) is 21.9 Å². The van der Waals surface area contributed by atoms with Crippen LogP contribution in [0.15, 0.2) is 187 Å². The zero-order valence-electron chi connectivity index (χ0n) is 28.0. The van der Waals surface area contributed by atoms with E-state index in [1.807, 2.05) is 55.2 Å². The number of aromatic nitrogens is 3. The van der Waals surface area contributed by atoms with Gasteiger partial charge in [0.2, 0.25) is 0 Å². The van der Waals surface area contributed by atoms with Gasteiger partial charge < -0.3 is 9.32 Å². The molecule has 4 aromatic heterocycles. The number of hydrogen-bond acceptors (Lipinski definition) is 5. The molecule has 0 saturated heterocycles. The fourth-order valence-electron chi connectivity index (χ4n) is 7.14. The molecule has 0 saturated carbocycles. The van der Waals surface area contributed by atoms with Gasteiger partial charge in [-0.2, -0.15) is 0 Å². The molecule has 0 aliphatic carbocycles. The fraction of sp³-hybridized carbons (Fsp3) is 0. The van der Waals surface area contributed by atoms with Crippen molar-refractivity contribution in [3.63, 3.8) is 0 Å². The van der Waals surface area contributed by atoms with Crippen molar-refractivity contribution in [3.8, 4) is 33.5 Å². The topological polar surface area (TPSA) is 55.1 Å². The lowest BCUT2D eigenvalue weighted by molar-refractivity contribution is 0.668. The largest absolute Gasteiger partial charge is 0.456 e. The number of pyridine rings is 3. The molecule has 0 aliphatic rings. The van der Waals surface area contributed by atoms with Crippen LogP contribution in [0.3, 0.4) is 0 Å². The Morgan fingerprint density at radius 3 is 1.48 bits per heavy atom. The van der Waals surface area contributed by atoms with Crippen molar-refractivity contribution in [2.75, 3.05) is 4.90 Å². The van der Waals surface area contributed by atoms with Crippen LogP contribution in [-0.4, -0.2) is 15.0 Å². The molecule has 5 nitrogen and oxygen atoms in total. The number of para-hydroxylation sites is 1. The quantitative estimate of drug-likeness (QED) is 0.177. The van der Waals surface area contributed by atoms with Crippen LogP contribution in [0.25, 0.3) is 77.0 Å². The van der Waals surface area contributed by atoms with Crippen LogP contribution in [-0.2, 0) is 0 Å². The van der Waals surface area contributed by atoms with Crippen molar-refractivity contribution >= 4 is 60.5 Å². The highest BCUT2D eigenvalue weighted by Gasteiger charge is 2.15. The predicted molar refractivity (Wildman–Crippen MR) is 213 cm³/mol. The van der Waals surface area contributed by atoms with Gasteiger partial charge in [-0.3, -0.25) is 15.0 Å². The molecule has 10 rings (SSSR count). The van der Waals surface area contributed by atoms with Gasteiger partial charge in [-0.05, 0) is 99.8 Å². The first-order valence-electron chi connectivity index (χ1n) is 17.3. The summed E-state index contributed by atoms with van der Waals surface area (Å²) in [6, 6.07) is 53.4. The lowest BCUT2D eigenvalue weighted by Crippen LogP contribution is -2.09. The maximum absolute atomic E-state index is 6.16. The Hall–Kier alpha value is -7.11. The van der Waals surface area contributed by atoms with Crippen LogP contribution in [0.4, 0.5) is 17.1 Å². The highest BCUT2D eigenvalue weighted by atomic mass is 16.3. The zero-order chi connectivity index (χ0) is 34.4. The first kappa shape index (κ1) is 29.8. The average Bonchev–Trinajstić information content (AvgIpc) is 3.59. The fourth-order valence-corrected chi connectivity index (χ4v) is 7.14. The van der Waals surface area contributed by atoms with E-state index >= 15 is 0 Å². The van der Waals surface area contributed by atoms with Gasteiger partial charge in [0.15, 0.2) is 0 Å². The molecule has 0 aliphatic heterocycles. The third-order valence-electron chi connectivity index (χ3n) is 9.88. The Bertz CT molecular complexity index is 2770. The lowest BCUT2D eigenvalue weighted by atomic mass is 10.0. The van der Waals surface area contributed by atoms with E-state index in [0.717, 1.165) is 72.2 Å². The summed E-state index contributed by atoms with van der Waals surface area (Å²) >= 11 is 0. The van der Waals surface area contributed by atoms with E-state index in [-0.39, 0.29) is 0 Å². The minimum atomic E-state index is 0.836. The molecule has 0 amide bonds. The number of anilines is 3. The summed E-state index contributed by atoms with van der Waals surface area (Å²) < 4.78 is 6.16. The number of furan rings is 1. The van der Waals surface area contributed by atoms with Gasteiger partial charge in [0.05, 0.1) is 5.69 Å². The molecule has 5 heteroatoms. The van der Waals surface area contributed by atoms with E-state index in [9.17, 15) is 0 Å². The summed E-state index contributed by atoms with van der Waals surface area (Å²) in [5.74, 6) is 0. The first-order chi connectivity index (χ1) is 25.7. The van der Waals surface area contributed by atoms with Crippen LogP contribution in [0.5, 0.6) is 0 Å². The number of rotatable bonds is 6. The molecule has 0 N–H and O–H groups in total. The Kier molecular flexibility index (Phi) is 7.07. The molecular formula is C47H30N4O. The third-order valence-corrected chi connectivity index (χ3v) is 9.88. The van der Waals surface area contributed by atoms with Crippen LogP contribution in [0, 0.1) is 0 Å². The van der Waals surface area contributed by atoms with E-state index in [2.05, 4.69) is 142 Å². The number of fused-ring (bicyclic) bond motifs is 5. The predicted octanol–water partition coefficient (Wildman–Crippen LogP) is 12.5. The molecule has 244 valence electrons. The molecule has 0 atom stereocenters. The molecule has 6 aromatic carbocycles. The molecule has 0 unspecified atom stereocenters. The maximum Gasteiger partial charge on any atom is 0.139 e. The van der Waals surface area contributed by atoms with Gasteiger partial charge >= 0.3 is 0 Å². The van der Waals surface area contributed by atoms with Gasteiger partial charge in [0.1, 0.15) is 11.2 Å². The lowest BCUT2D eigenvalue weighted by Gasteiger charge is -2.26. The van der Waals surface area contributed by atoms with Gasteiger partial charge in [-0.15, -0.1) is 0 Å². The summed E-state index contributed by atoms with van der Waals surface area (Å²) in [5, 5.41) is 6.72. The second-order valence-electron chi connectivity index (χ2n) is 13.0. The van der Waals surface area contributed by atoms with Gasteiger partial charge in [-0.1, -0.05) is 78.9 Å². The second-order valence-corrected chi connectivity index (χ2v) is 13.0. The van der Waals surface area contributed by atoms with Crippen LogP contribution in [0.1, 0.15) is 0 Å². The highest BCUT2D eigenvalue weighted by Crippen LogP contribution is 2.38. The molecular weight excluding hydrogens is 637 g/mol. The average molecular weight is 667 g/mol. The summed E-state index contributed by atoms with van der Waals surface area (Å²) in [5.41, 5.74) is 11.4. The van der Waals surface area contributed by atoms with Crippen molar-refractivity contribution in [2.24, 2.45) is 0 Å². The van der Waals surface area contributed by atoms with Crippen LogP contribution >= 0.6 is 0 Å². The number of nitrogens with zero attached hydrogens (tertiary/aromatic N) is 4. The van der Waals surface area contributed by atoms with Crippen molar-refractivity contribution in [2.45, 2.75) is 0 Å². The zero-order valence-corrected chi connectivity index (χ0v) is 28.0. The summed E-state index contributed by atoms with van der Waals surface area (Å²) in [4.78, 5) is 15.7. The molecule has 52 heavy (non-hydrogen) atoms. The Labute approximate surface area is 300 Å². The standard InChI is InChI=1S/C47H30N4O/c1-2-4-46-43(3-1)44-30-50-45(27-47(44)52-46)33-13-19-42(20-14-33)51(40-15-9-31(10-16-40)34-5-7-38-28-48-23-21-36(38)25-34)41-17-11-32(12-18-41)35-6-8-39-29-49-24-22-37(39)26-35/h1-30H. The molecule has 10 aromatic rings. The minimum Gasteiger partial charge on any atom is -0.456 e. The van der Waals surface area contributed by atoms with Crippen LogP contribution in [0.2, 0.25) is 0 Å². The molecule has 4 heterocycles. The first-order valence-corrected chi connectivity index (χ1v) is 17.3. The normalized spacial score (nSPS) is 11.5. The highest BCUT2D eigenvalue weighted by molar-refractivity contribution is 6.05. The van der Waals surface area contributed by atoms with Gasteiger partial charge in [0, 0.05) is 81.2 Å². The van der Waals surface area contributed by atoms with Gasteiger partial charge in [-0.25, -0.2) is 0 Å². The SMILES string of the molecule is c1ccc2c(c1)oc1cc(-c3ccc(N(c4ccc(-c5ccc6cnccc6c5)cc4)c4ccc(-c5ccc6cnccc6c5)cc4)cc3)ncc12. The van der Waals surface area contributed by atoms with Crippen molar-refractivity contribution in [3.05, 3.63) is 183 Å². The van der Waals surface area contributed by atoms with E-state index in [4.69, 9.17) is 9.40 Å². The Morgan fingerprint density at radius 2 is 0.904 bits per heavy atom. The molecule has 0 spiro atoms. The monoisotopic (exact) mass is 666 g/mol. The van der Waals surface area contributed by atoms with E-state index in [0.29, 0.717) is 0 Å². The summed E-state index contributed by atoms with van der Waals surface area (Å²) in [6.45, 7) is 0.